The summed E-state index contributed by atoms with van der Waals surface area (Å²) in [6.45, 7) is 5.06. The van der Waals surface area contributed by atoms with E-state index in [1.54, 1.807) is 0 Å². The molecule has 1 unspecified atom stereocenters. The third-order valence-corrected chi connectivity index (χ3v) is 6.02. The molecule has 21 heavy (non-hydrogen) atoms. The second-order valence-electron chi connectivity index (χ2n) is 4.53. The fourth-order valence-electron chi connectivity index (χ4n) is 1.80. The van der Waals surface area contributed by atoms with E-state index in [1.807, 2.05) is 30.7 Å². The van der Waals surface area contributed by atoms with Crippen molar-refractivity contribution in [1.29, 1.82) is 0 Å². The van der Waals surface area contributed by atoms with Gasteiger partial charge >= 0.3 is 0 Å². The van der Waals surface area contributed by atoms with Gasteiger partial charge in [0.1, 0.15) is 10.7 Å². The average Bonchev–Trinajstić information content (AvgIpc) is 3.05. The first-order valence-corrected chi connectivity index (χ1v) is 9.69. The minimum atomic E-state index is -3.63. The molecule has 1 atom stereocenters. The number of hydrogen-bond acceptors (Lipinski definition) is 5. The van der Waals surface area contributed by atoms with Crippen LogP contribution in [0.5, 0.6) is 0 Å². The molecule has 2 N–H and O–H groups in total. The van der Waals surface area contributed by atoms with Gasteiger partial charge in [-0.1, -0.05) is 6.92 Å². The molecular formula is C13H17BrN2O3S2. The topological polar surface area (TPSA) is 71.3 Å². The summed E-state index contributed by atoms with van der Waals surface area (Å²) in [4.78, 5) is 0.123. The van der Waals surface area contributed by atoms with Crippen LogP contribution in [0, 0.1) is 0 Å². The molecule has 0 saturated heterocycles. The molecule has 0 bridgehead atoms. The number of halogens is 1. The van der Waals surface area contributed by atoms with E-state index in [0.29, 0.717) is 12.3 Å². The molecule has 0 amide bonds. The molecule has 8 heteroatoms. The van der Waals surface area contributed by atoms with E-state index < -0.39 is 10.0 Å². The molecule has 0 aliphatic heterocycles. The van der Waals surface area contributed by atoms with Gasteiger partial charge in [0.15, 0.2) is 4.67 Å². The lowest BCUT2D eigenvalue weighted by molar-refractivity contribution is 0.464. The Morgan fingerprint density at radius 2 is 2.24 bits per heavy atom. The van der Waals surface area contributed by atoms with Gasteiger partial charge in [0.2, 0.25) is 10.0 Å². The van der Waals surface area contributed by atoms with Crippen molar-refractivity contribution in [3.63, 3.8) is 0 Å². The Labute approximate surface area is 136 Å². The summed E-state index contributed by atoms with van der Waals surface area (Å²) in [6.07, 6.45) is 0. The van der Waals surface area contributed by atoms with Crippen LogP contribution >= 0.6 is 27.3 Å². The maximum Gasteiger partial charge on any atom is 0.245 e. The molecule has 0 aliphatic carbocycles. The Morgan fingerprint density at radius 3 is 2.86 bits per heavy atom. The number of hydrogen-bond donors (Lipinski definition) is 2. The Kier molecular flexibility index (Phi) is 5.61. The number of sulfonamides is 1. The molecule has 0 aromatic carbocycles. The Morgan fingerprint density at radius 1 is 1.48 bits per heavy atom. The van der Waals surface area contributed by atoms with Gasteiger partial charge in [0, 0.05) is 12.1 Å². The maximum absolute atomic E-state index is 12.4. The summed E-state index contributed by atoms with van der Waals surface area (Å²) in [5.41, 5.74) is 0.941. The van der Waals surface area contributed by atoms with E-state index in [-0.39, 0.29) is 15.6 Å². The molecule has 2 heterocycles. The first-order chi connectivity index (χ1) is 9.94. The highest BCUT2D eigenvalue weighted by Crippen LogP contribution is 2.27. The van der Waals surface area contributed by atoms with Crippen LogP contribution in [0.25, 0.3) is 0 Å². The Bertz CT molecular complexity index is 680. The molecule has 2 aromatic heterocycles. The largest absolute Gasteiger partial charge is 0.452 e. The molecular weight excluding hydrogens is 376 g/mol. The second-order valence-corrected chi connectivity index (χ2v) is 7.71. The molecule has 0 saturated carbocycles. The summed E-state index contributed by atoms with van der Waals surface area (Å²) in [5.74, 6) is 0.576. The van der Waals surface area contributed by atoms with Crippen molar-refractivity contribution < 1.29 is 12.8 Å². The van der Waals surface area contributed by atoms with E-state index in [4.69, 9.17) is 4.42 Å². The van der Waals surface area contributed by atoms with Crippen LogP contribution < -0.4 is 10.0 Å². The van der Waals surface area contributed by atoms with Crippen LogP contribution in [0.15, 0.2) is 36.9 Å². The van der Waals surface area contributed by atoms with Crippen molar-refractivity contribution in [2.45, 2.75) is 31.3 Å². The third-order valence-electron chi connectivity index (χ3n) is 2.92. The van der Waals surface area contributed by atoms with Gasteiger partial charge in [-0.15, -0.1) is 0 Å². The van der Waals surface area contributed by atoms with Crippen LogP contribution in [0.1, 0.15) is 31.2 Å². The summed E-state index contributed by atoms with van der Waals surface area (Å²) in [6, 6.07) is 3.15. The van der Waals surface area contributed by atoms with Gasteiger partial charge in [-0.05, 0) is 51.8 Å². The quantitative estimate of drug-likeness (QED) is 0.758. The predicted molar refractivity (Wildman–Crippen MR) is 86.8 cm³/mol. The monoisotopic (exact) mass is 392 g/mol. The lowest BCUT2D eigenvalue weighted by atomic mass is 10.2. The predicted octanol–water partition coefficient (Wildman–Crippen LogP) is 3.25. The average molecular weight is 393 g/mol. The van der Waals surface area contributed by atoms with E-state index in [1.165, 1.54) is 17.4 Å². The summed E-state index contributed by atoms with van der Waals surface area (Å²) in [7, 11) is -3.63. The maximum atomic E-state index is 12.4. The second kappa shape index (κ2) is 7.06. The fourth-order valence-corrected chi connectivity index (χ4v) is 4.79. The number of nitrogens with one attached hydrogen (secondary N) is 2. The summed E-state index contributed by atoms with van der Waals surface area (Å²) in [5, 5.41) is 6.94. The van der Waals surface area contributed by atoms with E-state index in [0.717, 1.165) is 12.1 Å². The van der Waals surface area contributed by atoms with Crippen LogP contribution in [-0.4, -0.2) is 15.0 Å². The van der Waals surface area contributed by atoms with E-state index in [2.05, 4.69) is 26.0 Å². The van der Waals surface area contributed by atoms with Gasteiger partial charge in [0.25, 0.3) is 0 Å². The lowest BCUT2D eigenvalue weighted by Gasteiger charge is -2.12. The van der Waals surface area contributed by atoms with Gasteiger partial charge in [0.05, 0.1) is 6.54 Å². The smallest absolute Gasteiger partial charge is 0.245 e. The van der Waals surface area contributed by atoms with Gasteiger partial charge in [-0.25, -0.2) is 13.1 Å². The molecule has 0 spiro atoms. The molecule has 116 valence electrons. The zero-order valence-corrected chi connectivity index (χ0v) is 14.9. The van der Waals surface area contributed by atoms with Crippen molar-refractivity contribution in [1.82, 2.24) is 10.0 Å². The van der Waals surface area contributed by atoms with Crippen LogP contribution in [-0.2, 0) is 16.6 Å². The highest BCUT2D eigenvalue weighted by atomic mass is 79.9. The number of thiophene rings is 1. The van der Waals surface area contributed by atoms with Crippen molar-refractivity contribution in [2.75, 3.05) is 6.54 Å². The third kappa shape index (κ3) is 4.17. The highest BCUT2D eigenvalue weighted by Gasteiger charge is 2.24. The SMILES string of the molecule is CCNCc1cc(S(=O)(=O)NC(C)c2ccsc2)c(Br)o1. The lowest BCUT2D eigenvalue weighted by Crippen LogP contribution is -2.26. The first-order valence-electron chi connectivity index (χ1n) is 6.47. The molecule has 0 aliphatic rings. The fraction of sp³-hybridized carbons (Fsp3) is 0.385. The van der Waals surface area contributed by atoms with E-state index in [9.17, 15) is 8.42 Å². The molecule has 0 radical (unpaired) electrons. The normalized spacial score (nSPS) is 13.5. The minimum absolute atomic E-state index is 0.123. The van der Waals surface area contributed by atoms with Gasteiger partial charge < -0.3 is 9.73 Å². The van der Waals surface area contributed by atoms with Gasteiger partial charge in [-0.2, -0.15) is 11.3 Å². The molecule has 2 aromatic rings. The number of rotatable bonds is 7. The van der Waals surface area contributed by atoms with Crippen molar-refractivity contribution in [3.8, 4) is 0 Å². The van der Waals surface area contributed by atoms with E-state index >= 15 is 0 Å². The van der Waals surface area contributed by atoms with Crippen LogP contribution in [0.3, 0.4) is 0 Å². The molecule has 5 nitrogen and oxygen atoms in total. The minimum Gasteiger partial charge on any atom is -0.452 e. The zero-order chi connectivity index (χ0) is 15.5. The van der Waals surface area contributed by atoms with Crippen molar-refractivity contribution in [3.05, 3.63) is 38.9 Å². The standard InChI is InChI=1S/C13H17BrN2O3S2/c1-3-15-7-11-6-12(13(14)19-11)21(17,18)16-9(2)10-4-5-20-8-10/h4-6,8-9,15-16H,3,7H2,1-2H3. The van der Waals surface area contributed by atoms with Gasteiger partial charge in [-0.3, -0.25) is 0 Å². The van der Waals surface area contributed by atoms with Crippen LogP contribution in [0.2, 0.25) is 0 Å². The number of furan rings is 1. The highest BCUT2D eigenvalue weighted by molar-refractivity contribution is 9.10. The zero-order valence-electron chi connectivity index (χ0n) is 11.7. The summed E-state index contributed by atoms with van der Waals surface area (Å²) < 4.78 is 33.1. The molecule has 0 fully saturated rings. The van der Waals surface area contributed by atoms with Crippen LogP contribution in [0.4, 0.5) is 0 Å². The van der Waals surface area contributed by atoms with Crippen molar-refractivity contribution in [2.24, 2.45) is 0 Å². The Balaban J connectivity index is 2.17. The van der Waals surface area contributed by atoms with Crippen molar-refractivity contribution >= 4 is 37.3 Å². The first kappa shape index (κ1) is 16.7. The Hall–Kier alpha value is -0.670. The summed E-state index contributed by atoms with van der Waals surface area (Å²) >= 11 is 4.71. The molecule has 2 rings (SSSR count).